The third kappa shape index (κ3) is 3.03. The van der Waals surface area contributed by atoms with Gasteiger partial charge in [-0.25, -0.2) is 0 Å². The summed E-state index contributed by atoms with van der Waals surface area (Å²) < 4.78 is 5.20. The average molecular weight is 277 g/mol. The van der Waals surface area contributed by atoms with Gasteiger partial charge in [0.2, 0.25) is 0 Å². The average Bonchev–Trinajstić information content (AvgIpc) is 2.39. The van der Waals surface area contributed by atoms with E-state index in [4.69, 9.17) is 16.3 Å². The number of carbonyl (C=O) groups is 1. The summed E-state index contributed by atoms with van der Waals surface area (Å²) >= 11 is 5.96. The zero-order valence-electron chi connectivity index (χ0n) is 10.6. The molecule has 0 atom stereocenters. The molecule has 0 radical (unpaired) electrons. The van der Waals surface area contributed by atoms with Crippen LogP contribution in [0.4, 0.5) is 5.69 Å². The predicted molar refractivity (Wildman–Crippen MR) is 74.9 cm³/mol. The number of pyridine rings is 1. The Balaban J connectivity index is 2.29. The molecule has 0 bridgehead atoms. The number of hydrogen-bond donors (Lipinski definition) is 1. The van der Waals surface area contributed by atoms with Gasteiger partial charge in [0.1, 0.15) is 5.75 Å². The van der Waals surface area contributed by atoms with Crippen molar-refractivity contribution in [1.29, 1.82) is 0 Å². The van der Waals surface area contributed by atoms with Gasteiger partial charge in [0, 0.05) is 12.4 Å². The Labute approximate surface area is 116 Å². The molecule has 1 aromatic carbocycles. The van der Waals surface area contributed by atoms with Crippen molar-refractivity contribution in [3.05, 3.63) is 52.8 Å². The Kier molecular flexibility index (Phi) is 4.02. The van der Waals surface area contributed by atoms with E-state index in [1.54, 1.807) is 19.2 Å². The number of amides is 1. The first-order chi connectivity index (χ1) is 9.11. The quantitative estimate of drug-likeness (QED) is 0.936. The topological polar surface area (TPSA) is 51.2 Å². The van der Waals surface area contributed by atoms with Crippen LogP contribution in [0.25, 0.3) is 0 Å². The number of rotatable bonds is 3. The smallest absolute Gasteiger partial charge is 0.258 e. The van der Waals surface area contributed by atoms with Gasteiger partial charge < -0.3 is 10.1 Å². The first-order valence-corrected chi connectivity index (χ1v) is 6.05. The third-order valence-electron chi connectivity index (χ3n) is 2.62. The van der Waals surface area contributed by atoms with Gasteiger partial charge in [0.05, 0.1) is 23.4 Å². The Hall–Kier alpha value is -2.07. The molecule has 1 heterocycles. The highest BCUT2D eigenvalue weighted by Gasteiger charge is 2.13. The predicted octanol–water partition coefficient (Wildman–Crippen LogP) is 3.30. The number of ether oxygens (including phenoxy) is 1. The van der Waals surface area contributed by atoms with Gasteiger partial charge in [-0.3, -0.25) is 9.78 Å². The zero-order valence-corrected chi connectivity index (χ0v) is 11.4. The van der Waals surface area contributed by atoms with Crippen molar-refractivity contribution in [3.8, 4) is 5.75 Å². The minimum absolute atomic E-state index is 0.318. The molecular weight excluding hydrogens is 264 g/mol. The lowest BCUT2D eigenvalue weighted by Crippen LogP contribution is -2.13. The maximum atomic E-state index is 12.1. The number of halogens is 1. The van der Waals surface area contributed by atoms with Crippen LogP contribution in [-0.2, 0) is 0 Å². The number of nitrogens with zero attached hydrogens (tertiary/aromatic N) is 1. The van der Waals surface area contributed by atoms with Crippen molar-refractivity contribution in [1.82, 2.24) is 4.98 Å². The number of aromatic nitrogens is 1. The van der Waals surface area contributed by atoms with Gasteiger partial charge >= 0.3 is 0 Å². The van der Waals surface area contributed by atoms with Gasteiger partial charge in [-0.15, -0.1) is 0 Å². The molecule has 0 aliphatic carbocycles. The highest BCUT2D eigenvalue weighted by atomic mass is 35.5. The molecule has 0 fully saturated rings. The third-order valence-corrected chi connectivity index (χ3v) is 2.95. The summed E-state index contributed by atoms with van der Waals surface area (Å²) in [5.41, 5.74) is 1.95. The van der Waals surface area contributed by atoms with Crippen molar-refractivity contribution in [2.75, 3.05) is 12.4 Å². The van der Waals surface area contributed by atoms with E-state index in [9.17, 15) is 4.79 Å². The van der Waals surface area contributed by atoms with E-state index >= 15 is 0 Å². The molecule has 0 unspecified atom stereocenters. The maximum Gasteiger partial charge on any atom is 0.258 e. The summed E-state index contributed by atoms with van der Waals surface area (Å²) in [5.74, 6) is 0.279. The SMILES string of the molecule is COc1ccc(C)cc1NC(=O)c1cnccc1Cl. The Bertz CT molecular complexity index is 614. The highest BCUT2D eigenvalue weighted by Crippen LogP contribution is 2.26. The zero-order chi connectivity index (χ0) is 13.8. The summed E-state index contributed by atoms with van der Waals surface area (Å²) in [6.45, 7) is 1.94. The second-order valence-electron chi connectivity index (χ2n) is 4.01. The lowest BCUT2D eigenvalue weighted by Gasteiger charge is -2.11. The molecule has 19 heavy (non-hydrogen) atoms. The fourth-order valence-corrected chi connectivity index (χ4v) is 1.84. The Morgan fingerprint density at radius 1 is 1.37 bits per heavy atom. The molecule has 0 aliphatic rings. The van der Waals surface area contributed by atoms with Crippen LogP contribution < -0.4 is 10.1 Å². The van der Waals surface area contributed by atoms with Crippen LogP contribution in [0.5, 0.6) is 5.75 Å². The fourth-order valence-electron chi connectivity index (χ4n) is 1.65. The molecule has 2 rings (SSSR count). The van der Waals surface area contributed by atoms with Gasteiger partial charge in [0.15, 0.2) is 0 Å². The van der Waals surface area contributed by atoms with Crippen LogP contribution in [0.2, 0.25) is 5.02 Å². The van der Waals surface area contributed by atoms with Crippen molar-refractivity contribution in [3.63, 3.8) is 0 Å². The lowest BCUT2D eigenvalue weighted by atomic mass is 10.2. The Morgan fingerprint density at radius 3 is 2.84 bits per heavy atom. The normalized spacial score (nSPS) is 10.1. The molecule has 0 spiro atoms. The highest BCUT2D eigenvalue weighted by molar-refractivity contribution is 6.34. The number of carbonyl (C=O) groups excluding carboxylic acids is 1. The van der Waals surface area contributed by atoms with E-state index in [0.29, 0.717) is 22.0 Å². The van der Waals surface area contributed by atoms with Crippen LogP contribution in [0, 0.1) is 6.92 Å². The molecule has 4 nitrogen and oxygen atoms in total. The van der Waals surface area contributed by atoms with Crippen LogP contribution in [0.3, 0.4) is 0 Å². The number of methoxy groups -OCH3 is 1. The summed E-state index contributed by atoms with van der Waals surface area (Å²) in [5, 5.41) is 3.13. The monoisotopic (exact) mass is 276 g/mol. The van der Waals surface area contributed by atoms with Crippen molar-refractivity contribution >= 4 is 23.2 Å². The molecular formula is C14H13ClN2O2. The van der Waals surface area contributed by atoms with E-state index in [0.717, 1.165) is 5.56 Å². The second-order valence-corrected chi connectivity index (χ2v) is 4.42. The fraction of sp³-hybridized carbons (Fsp3) is 0.143. The molecule has 98 valence electrons. The van der Waals surface area contributed by atoms with E-state index < -0.39 is 0 Å². The molecule has 0 saturated heterocycles. The molecule has 0 saturated carbocycles. The van der Waals surface area contributed by atoms with E-state index in [1.807, 2.05) is 19.1 Å². The van der Waals surface area contributed by atoms with Crippen LogP contribution >= 0.6 is 11.6 Å². The summed E-state index contributed by atoms with van der Waals surface area (Å²) in [6.07, 6.45) is 2.96. The largest absolute Gasteiger partial charge is 0.495 e. The van der Waals surface area contributed by atoms with Gasteiger partial charge in [0.25, 0.3) is 5.91 Å². The van der Waals surface area contributed by atoms with Crippen molar-refractivity contribution in [2.45, 2.75) is 6.92 Å². The summed E-state index contributed by atoms with van der Waals surface area (Å²) in [4.78, 5) is 16.0. The first-order valence-electron chi connectivity index (χ1n) is 5.67. The summed E-state index contributed by atoms with van der Waals surface area (Å²) in [6, 6.07) is 7.12. The number of nitrogens with one attached hydrogen (secondary N) is 1. The second kappa shape index (κ2) is 5.71. The van der Waals surface area contributed by atoms with Crippen LogP contribution in [-0.4, -0.2) is 18.0 Å². The number of anilines is 1. The van der Waals surface area contributed by atoms with Crippen molar-refractivity contribution in [2.24, 2.45) is 0 Å². The molecule has 1 aromatic heterocycles. The molecule has 0 aliphatic heterocycles. The van der Waals surface area contributed by atoms with E-state index in [1.165, 1.54) is 12.4 Å². The molecule has 2 aromatic rings. The lowest BCUT2D eigenvalue weighted by molar-refractivity contribution is 0.102. The number of benzene rings is 1. The van der Waals surface area contributed by atoms with Gasteiger partial charge in [-0.1, -0.05) is 17.7 Å². The standard InChI is InChI=1S/C14H13ClN2O2/c1-9-3-4-13(19-2)12(7-9)17-14(18)10-8-16-6-5-11(10)15/h3-8H,1-2H3,(H,17,18). The first kappa shape index (κ1) is 13.4. The van der Waals surface area contributed by atoms with Crippen molar-refractivity contribution < 1.29 is 9.53 Å². The summed E-state index contributed by atoms with van der Waals surface area (Å²) in [7, 11) is 1.55. The molecule has 1 amide bonds. The minimum Gasteiger partial charge on any atom is -0.495 e. The van der Waals surface area contributed by atoms with Crippen LogP contribution in [0.1, 0.15) is 15.9 Å². The van der Waals surface area contributed by atoms with E-state index in [2.05, 4.69) is 10.3 Å². The number of aryl methyl sites for hydroxylation is 1. The Morgan fingerprint density at radius 2 is 2.16 bits per heavy atom. The maximum absolute atomic E-state index is 12.1. The number of hydrogen-bond acceptors (Lipinski definition) is 3. The van der Waals surface area contributed by atoms with Crippen LogP contribution in [0.15, 0.2) is 36.7 Å². The molecule has 5 heteroatoms. The van der Waals surface area contributed by atoms with Gasteiger partial charge in [-0.2, -0.15) is 0 Å². The van der Waals surface area contributed by atoms with E-state index in [-0.39, 0.29) is 5.91 Å². The van der Waals surface area contributed by atoms with Gasteiger partial charge in [-0.05, 0) is 30.7 Å². The minimum atomic E-state index is -0.318. The molecule has 1 N–H and O–H groups in total.